The van der Waals surface area contributed by atoms with Crippen LogP contribution in [-0.2, 0) is 7.05 Å². The van der Waals surface area contributed by atoms with Gasteiger partial charge >= 0.3 is 0 Å². The van der Waals surface area contributed by atoms with Crippen LogP contribution in [0.4, 0.5) is 0 Å². The molecule has 27 heavy (non-hydrogen) atoms. The van der Waals surface area contributed by atoms with Crippen LogP contribution in [0, 0.1) is 0 Å². The van der Waals surface area contributed by atoms with Crippen LogP contribution < -0.4 is 20.5 Å². The van der Waals surface area contributed by atoms with Crippen LogP contribution in [0.15, 0.2) is 41.2 Å². The molecule has 1 atom stereocenters. The number of methoxy groups -OCH3 is 1. The lowest BCUT2D eigenvalue weighted by atomic mass is 10.0. The lowest BCUT2D eigenvalue weighted by Crippen LogP contribution is -3.13. The number of aromatic nitrogens is 2. The molecule has 0 saturated carbocycles. The number of quaternary nitrogens is 1. The Labute approximate surface area is 158 Å². The van der Waals surface area contributed by atoms with E-state index in [-0.39, 0.29) is 23.2 Å². The Bertz CT molecular complexity index is 826. The normalized spacial score (nSPS) is 15.9. The molecule has 0 radical (unpaired) electrons. The summed E-state index contributed by atoms with van der Waals surface area (Å²) < 4.78 is 6.43. The highest BCUT2D eigenvalue weighted by atomic mass is 16.5. The second kappa shape index (κ2) is 8.81. The van der Waals surface area contributed by atoms with Crippen molar-refractivity contribution in [3.05, 3.63) is 58.0 Å². The van der Waals surface area contributed by atoms with Crippen molar-refractivity contribution >= 4 is 5.91 Å². The topological polar surface area (TPSA) is 77.7 Å². The lowest BCUT2D eigenvalue weighted by molar-refractivity contribution is -0.935. The predicted octanol–water partition coefficient (Wildman–Crippen LogP) is 0.329. The minimum absolute atomic E-state index is 0.174. The molecule has 1 aromatic heterocycles. The molecule has 3 rings (SSSR count). The van der Waals surface area contributed by atoms with Gasteiger partial charge in [-0.1, -0.05) is 0 Å². The van der Waals surface area contributed by atoms with Crippen LogP contribution in [0.1, 0.15) is 41.4 Å². The number of aryl methyl sites for hydroxylation is 1. The van der Waals surface area contributed by atoms with Gasteiger partial charge in [-0.3, -0.25) is 9.59 Å². The molecule has 7 nitrogen and oxygen atoms in total. The van der Waals surface area contributed by atoms with Gasteiger partial charge in [0.2, 0.25) is 0 Å². The number of nitrogens with one attached hydrogen (secondary N) is 2. The summed E-state index contributed by atoms with van der Waals surface area (Å²) in [4.78, 5) is 25.5. The molecule has 1 aromatic carbocycles. The molecule has 7 heteroatoms. The molecule has 2 aromatic rings. The van der Waals surface area contributed by atoms with E-state index in [4.69, 9.17) is 4.74 Å². The molecule has 0 aliphatic carbocycles. The average Bonchev–Trinajstić information content (AvgIpc) is 2.71. The number of ether oxygens (including phenoxy) is 1. The van der Waals surface area contributed by atoms with Crippen molar-refractivity contribution in [3.8, 4) is 5.75 Å². The average molecular weight is 371 g/mol. The van der Waals surface area contributed by atoms with Gasteiger partial charge in [-0.2, -0.15) is 5.10 Å². The number of amides is 1. The zero-order valence-electron chi connectivity index (χ0n) is 15.9. The monoisotopic (exact) mass is 371 g/mol. The summed E-state index contributed by atoms with van der Waals surface area (Å²) in [6, 6.07) is 11.1. The molecule has 1 aliphatic heterocycles. The molecule has 2 heterocycles. The number of carbonyl (C=O) groups excluding carboxylic acids is 1. The van der Waals surface area contributed by atoms with E-state index in [9.17, 15) is 9.59 Å². The number of likely N-dealkylation sites (tertiary alicyclic amines) is 1. The van der Waals surface area contributed by atoms with Crippen LogP contribution in [0.2, 0.25) is 0 Å². The van der Waals surface area contributed by atoms with Crippen LogP contribution in [0.25, 0.3) is 0 Å². The standard InChI is InChI=1S/C20H26N4O3/c1-23-19(25)11-10-17(22-23)20(26)21-14-18(24-12-4-3-5-13-24)15-6-8-16(27-2)9-7-15/h6-11,18H,3-5,12-14H2,1-2H3,(H,21,26)/p+1/t18-/m1/s1. The van der Waals surface area contributed by atoms with Gasteiger partial charge in [0.25, 0.3) is 11.5 Å². The summed E-state index contributed by atoms with van der Waals surface area (Å²) in [5, 5.41) is 7.03. The highest BCUT2D eigenvalue weighted by molar-refractivity contribution is 5.92. The number of rotatable bonds is 6. The van der Waals surface area contributed by atoms with E-state index in [2.05, 4.69) is 22.5 Å². The molecule has 1 saturated heterocycles. The molecular weight excluding hydrogens is 344 g/mol. The smallest absolute Gasteiger partial charge is 0.271 e. The molecular formula is C20H27N4O3+. The molecule has 0 bridgehead atoms. The van der Waals surface area contributed by atoms with Gasteiger partial charge in [-0.15, -0.1) is 0 Å². The molecule has 2 N–H and O–H groups in total. The van der Waals surface area contributed by atoms with E-state index in [1.807, 2.05) is 12.1 Å². The SMILES string of the molecule is COc1ccc([C@@H](CNC(=O)c2ccc(=O)n(C)n2)[NH+]2CCCCC2)cc1. The summed E-state index contributed by atoms with van der Waals surface area (Å²) in [5.41, 5.74) is 1.20. The number of benzene rings is 1. The van der Waals surface area contributed by atoms with E-state index in [0.717, 1.165) is 18.8 Å². The van der Waals surface area contributed by atoms with E-state index in [1.54, 1.807) is 7.11 Å². The zero-order chi connectivity index (χ0) is 19.2. The van der Waals surface area contributed by atoms with E-state index in [1.165, 1.54) is 53.6 Å². The van der Waals surface area contributed by atoms with Gasteiger partial charge in [0.05, 0.1) is 26.7 Å². The van der Waals surface area contributed by atoms with Crippen molar-refractivity contribution in [3.63, 3.8) is 0 Å². The fourth-order valence-electron chi connectivity index (χ4n) is 3.60. The summed E-state index contributed by atoms with van der Waals surface area (Å²) in [6.07, 6.45) is 3.68. The summed E-state index contributed by atoms with van der Waals surface area (Å²) in [7, 11) is 3.19. The third kappa shape index (κ3) is 4.74. The van der Waals surface area contributed by atoms with E-state index < -0.39 is 0 Å². The molecule has 144 valence electrons. The first kappa shape index (κ1) is 19.1. The van der Waals surface area contributed by atoms with Crippen molar-refractivity contribution in [1.82, 2.24) is 15.1 Å². The Balaban J connectivity index is 1.74. The second-order valence-electron chi connectivity index (χ2n) is 6.94. The predicted molar refractivity (Wildman–Crippen MR) is 102 cm³/mol. The van der Waals surface area contributed by atoms with Gasteiger partial charge in [0.1, 0.15) is 17.5 Å². The van der Waals surface area contributed by atoms with Crippen molar-refractivity contribution in [2.45, 2.75) is 25.3 Å². The minimum atomic E-state index is -0.263. The Morgan fingerprint density at radius 1 is 1.19 bits per heavy atom. The van der Waals surface area contributed by atoms with Crippen LogP contribution in [0.3, 0.4) is 0 Å². The first-order valence-electron chi connectivity index (χ1n) is 9.39. The van der Waals surface area contributed by atoms with Gasteiger partial charge in [0.15, 0.2) is 0 Å². The van der Waals surface area contributed by atoms with Gasteiger partial charge in [-0.05, 0) is 49.6 Å². The summed E-state index contributed by atoms with van der Waals surface area (Å²) in [5.74, 6) is 0.560. The van der Waals surface area contributed by atoms with Gasteiger partial charge in [0, 0.05) is 18.7 Å². The molecule has 0 spiro atoms. The molecule has 1 aliphatic rings. The molecule has 0 unspecified atom stereocenters. The number of hydrogen-bond acceptors (Lipinski definition) is 4. The maximum absolute atomic E-state index is 12.5. The lowest BCUT2D eigenvalue weighted by Gasteiger charge is -2.32. The van der Waals surface area contributed by atoms with E-state index >= 15 is 0 Å². The Morgan fingerprint density at radius 2 is 1.89 bits per heavy atom. The van der Waals surface area contributed by atoms with Crippen LogP contribution in [0.5, 0.6) is 5.75 Å². The fraction of sp³-hybridized carbons (Fsp3) is 0.450. The Kier molecular flexibility index (Phi) is 6.24. The molecule has 1 fully saturated rings. The van der Waals surface area contributed by atoms with Crippen molar-refractivity contribution < 1.29 is 14.4 Å². The third-order valence-corrected chi connectivity index (χ3v) is 5.17. The van der Waals surface area contributed by atoms with Crippen LogP contribution >= 0.6 is 0 Å². The number of nitrogens with zero attached hydrogens (tertiary/aromatic N) is 2. The number of hydrogen-bond donors (Lipinski definition) is 2. The minimum Gasteiger partial charge on any atom is -0.497 e. The molecule has 1 amide bonds. The van der Waals surface area contributed by atoms with Crippen LogP contribution in [-0.4, -0.2) is 42.4 Å². The van der Waals surface area contributed by atoms with Crippen molar-refractivity contribution in [1.29, 1.82) is 0 Å². The largest absolute Gasteiger partial charge is 0.497 e. The highest BCUT2D eigenvalue weighted by Gasteiger charge is 2.27. The maximum Gasteiger partial charge on any atom is 0.271 e. The Hall–Kier alpha value is -2.67. The zero-order valence-corrected chi connectivity index (χ0v) is 15.9. The first-order chi connectivity index (χ1) is 13.1. The highest BCUT2D eigenvalue weighted by Crippen LogP contribution is 2.16. The Morgan fingerprint density at radius 3 is 2.52 bits per heavy atom. The third-order valence-electron chi connectivity index (χ3n) is 5.17. The second-order valence-corrected chi connectivity index (χ2v) is 6.94. The summed E-state index contributed by atoms with van der Waals surface area (Å²) >= 11 is 0. The summed E-state index contributed by atoms with van der Waals surface area (Å²) in [6.45, 7) is 2.72. The number of piperidine rings is 1. The van der Waals surface area contributed by atoms with Crippen molar-refractivity contribution in [2.75, 3.05) is 26.7 Å². The van der Waals surface area contributed by atoms with E-state index in [0.29, 0.717) is 6.54 Å². The number of carbonyl (C=O) groups is 1. The van der Waals surface area contributed by atoms with Gasteiger partial charge < -0.3 is 15.0 Å². The van der Waals surface area contributed by atoms with Crippen molar-refractivity contribution in [2.24, 2.45) is 7.05 Å². The van der Waals surface area contributed by atoms with Gasteiger partial charge in [-0.25, -0.2) is 4.68 Å². The maximum atomic E-state index is 12.5. The fourth-order valence-corrected chi connectivity index (χ4v) is 3.60. The first-order valence-corrected chi connectivity index (χ1v) is 9.39. The quantitative estimate of drug-likeness (QED) is 0.767.